The van der Waals surface area contributed by atoms with Crippen molar-refractivity contribution in [1.29, 1.82) is 0 Å². The minimum Gasteiger partial charge on any atom is -0.327 e. The molecule has 2 heteroatoms. The van der Waals surface area contributed by atoms with Gasteiger partial charge in [-0.05, 0) is 37.0 Å². The number of Topliss-reactive ketones (excluding diaryl/α,β-unsaturated/α-hetero) is 1. The molecule has 84 valence electrons. The summed E-state index contributed by atoms with van der Waals surface area (Å²) in [5.41, 5.74) is 6.18. The lowest BCUT2D eigenvalue weighted by molar-refractivity contribution is -0.126. The molecule has 0 radical (unpaired) electrons. The van der Waals surface area contributed by atoms with Gasteiger partial charge in [0.25, 0.3) is 0 Å². The Morgan fingerprint density at radius 3 is 2.40 bits per heavy atom. The molecule has 3 fully saturated rings. The molecule has 4 atom stereocenters. The van der Waals surface area contributed by atoms with E-state index in [0.717, 1.165) is 6.42 Å². The minimum absolute atomic E-state index is 0.205. The molecule has 0 saturated heterocycles. The summed E-state index contributed by atoms with van der Waals surface area (Å²) < 4.78 is 0. The van der Waals surface area contributed by atoms with E-state index in [1.807, 2.05) is 0 Å². The second kappa shape index (κ2) is 3.58. The molecule has 2 nitrogen and oxygen atoms in total. The van der Waals surface area contributed by atoms with E-state index in [-0.39, 0.29) is 12.0 Å². The molecule has 0 aromatic carbocycles. The Labute approximate surface area is 91.6 Å². The van der Waals surface area contributed by atoms with Gasteiger partial charge < -0.3 is 5.73 Å². The van der Waals surface area contributed by atoms with Gasteiger partial charge in [-0.25, -0.2) is 0 Å². The first-order chi connectivity index (χ1) is 7.25. The second-order valence-corrected chi connectivity index (χ2v) is 5.90. The highest BCUT2D eigenvalue weighted by atomic mass is 16.1. The number of fused-ring (bicyclic) bond motifs is 2. The lowest BCUT2D eigenvalue weighted by atomic mass is 9.75. The van der Waals surface area contributed by atoms with Crippen LogP contribution >= 0.6 is 0 Å². The van der Waals surface area contributed by atoms with Crippen LogP contribution in [0, 0.1) is 23.7 Å². The van der Waals surface area contributed by atoms with Crippen LogP contribution in [0.3, 0.4) is 0 Å². The predicted octanol–water partition coefficient (Wildman–Crippen LogP) is 2.12. The Balaban J connectivity index is 1.63. The monoisotopic (exact) mass is 207 g/mol. The summed E-state index contributed by atoms with van der Waals surface area (Å²) >= 11 is 0. The number of ketones is 1. The van der Waals surface area contributed by atoms with Crippen LogP contribution in [0.15, 0.2) is 0 Å². The van der Waals surface area contributed by atoms with Crippen LogP contribution in [0.25, 0.3) is 0 Å². The van der Waals surface area contributed by atoms with Gasteiger partial charge in [0, 0.05) is 18.4 Å². The van der Waals surface area contributed by atoms with E-state index in [2.05, 4.69) is 0 Å². The fraction of sp³-hybridized carbons (Fsp3) is 0.923. The number of carbonyl (C=O) groups is 1. The molecule has 3 aliphatic rings. The van der Waals surface area contributed by atoms with Gasteiger partial charge in [-0.1, -0.05) is 19.3 Å². The van der Waals surface area contributed by atoms with Crippen LogP contribution in [0.5, 0.6) is 0 Å². The Bertz CT molecular complexity index is 270. The van der Waals surface area contributed by atoms with E-state index in [4.69, 9.17) is 5.73 Å². The fourth-order valence-corrected chi connectivity index (χ4v) is 3.93. The third kappa shape index (κ3) is 1.54. The van der Waals surface area contributed by atoms with Crippen molar-refractivity contribution in [2.24, 2.45) is 29.4 Å². The molecule has 3 saturated carbocycles. The fourth-order valence-electron chi connectivity index (χ4n) is 3.93. The average Bonchev–Trinajstić information content (AvgIpc) is 2.70. The van der Waals surface area contributed by atoms with Gasteiger partial charge in [0.15, 0.2) is 0 Å². The minimum atomic E-state index is 0.205. The SMILES string of the molecule is NC1C2CCC(C2)C1C(=O)CC1CCC1. The first-order valence-electron chi connectivity index (χ1n) is 6.54. The Morgan fingerprint density at radius 1 is 1.13 bits per heavy atom. The van der Waals surface area contributed by atoms with Crippen LogP contribution < -0.4 is 5.73 Å². The summed E-state index contributed by atoms with van der Waals surface area (Å²) in [4.78, 5) is 12.2. The van der Waals surface area contributed by atoms with E-state index in [9.17, 15) is 4.79 Å². The molecule has 3 rings (SSSR count). The maximum atomic E-state index is 12.2. The third-order valence-electron chi connectivity index (χ3n) is 5.07. The largest absolute Gasteiger partial charge is 0.327 e. The van der Waals surface area contributed by atoms with Crippen molar-refractivity contribution in [3.05, 3.63) is 0 Å². The van der Waals surface area contributed by atoms with Crippen molar-refractivity contribution in [2.45, 2.75) is 51.0 Å². The molecule has 0 spiro atoms. The smallest absolute Gasteiger partial charge is 0.138 e. The quantitative estimate of drug-likeness (QED) is 0.770. The summed E-state index contributed by atoms with van der Waals surface area (Å²) in [6, 6.07) is 0.205. The number of hydrogen-bond donors (Lipinski definition) is 1. The zero-order chi connectivity index (χ0) is 10.4. The standard InChI is InChI=1S/C13H21NO/c14-13-10-5-4-9(7-10)12(13)11(15)6-8-2-1-3-8/h8-10,12-13H,1-7,14H2. The van der Waals surface area contributed by atoms with Crippen LogP contribution in [-0.2, 0) is 4.79 Å². The molecule has 4 unspecified atom stereocenters. The highest BCUT2D eigenvalue weighted by Crippen LogP contribution is 2.48. The first kappa shape index (κ1) is 9.83. The molecule has 0 aromatic rings. The van der Waals surface area contributed by atoms with Gasteiger partial charge in [-0.3, -0.25) is 4.79 Å². The Morgan fingerprint density at radius 2 is 1.87 bits per heavy atom. The zero-order valence-electron chi connectivity index (χ0n) is 9.32. The van der Waals surface area contributed by atoms with Crippen LogP contribution in [0.2, 0.25) is 0 Å². The lowest BCUT2D eigenvalue weighted by Crippen LogP contribution is -2.41. The highest BCUT2D eigenvalue weighted by molar-refractivity contribution is 5.83. The Hall–Kier alpha value is -0.370. The van der Waals surface area contributed by atoms with Gasteiger partial charge in [0.1, 0.15) is 5.78 Å². The van der Waals surface area contributed by atoms with Crippen molar-refractivity contribution >= 4 is 5.78 Å². The summed E-state index contributed by atoms with van der Waals surface area (Å²) in [7, 11) is 0. The van der Waals surface area contributed by atoms with Gasteiger partial charge in [-0.15, -0.1) is 0 Å². The zero-order valence-corrected chi connectivity index (χ0v) is 9.32. The maximum absolute atomic E-state index is 12.2. The number of nitrogens with two attached hydrogens (primary N) is 1. The van der Waals surface area contributed by atoms with E-state index < -0.39 is 0 Å². The molecule has 15 heavy (non-hydrogen) atoms. The van der Waals surface area contributed by atoms with Gasteiger partial charge in [-0.2, -0.15) is 0 Å². The summed E-state index contributed by atoms with van der Waals surface area (Å²) in [6.45, 7) is 0. The number of rotatable bonds is 3. The summed E-state index contributed by atoms with van der Waals surface area (Å²) in [5.74, 6) is 2.77. The maximum Gasteiger partial charge on any atom is 0.138 e. The van der Waals surface area contributed by atoms with Crippen molar-refractivity contribution in [1.82, 2.24) is 0 Å². The lowest BCUT2D eigenvalue weighted by Gasteiger charge is -2.30. The van der Waals surface area contributed by atoms with Gasteiger partial charge in [0.05, 0.1) is 0 Å². The molecule has 0 amide bonds. The van der Waals surface area contributed by atoms with Gasteiger partial charge in [0.2, 0.25) is 0 Å². The molecular formula is C13H21NO. The van der Waals surface area contributed by atoms with E-state index in [1.165, 1.54) is 38.5 Å². The van der Waals surface area contributed by atoms with Crippen molar-refractivity contribution in [2.75, 3.05) is 0 Å². The molecule has 2 N–H and O–H groups in total. The van der Waals surface area contributed by atoms with Crippen molar-refractivity contribution in [3.8, 4) is 0 Å². The van der Waals surface area contributed by atoms with E-state index in [1.54, 1.807) is 0 Å². The van der Waals surface area contributed by atoms with E-state index >= 15 is 0 Å². The summed E-state index contributed by atoms with van der Waals surface area (Å²) in [6.07, 6.45) is 8.51. The number of hydrogen-bond acceptors (Lipinski definition) is 2. The average molecular weight is 207 g/mol. The molecular weight excluding hydrogens is 186 g/mol. The Kier molecular flexibility index (Phi) is 2.35. The normalized spacial score (nSPS) is 44.3. The number of carbonyl (C=O) groups excluding carboxylic acids is 1. The second-order valence-electron chi connectivity index (χ2n) is 5.90. The molecule has 0 aromatic heterocycles. The van der Waals surface area contributed by atoms with Crippen molar-refractivity contribution in [3.63, 3.8) is 0 Å². The van der Waals surface area contributed by atoms with Gasteiger partial charge >= 0.3 is 0 Å². The van der Waals surface area contributed by atoms with Crippen LogP contribution in [0.1, 0.15) is 44.9 Å². The highest BCUT2D eigenvalue weighted by Gasteiger charge is 2.48. The predicted molar refractivity (Wildman–Crippen MR) is 59.3 cm³/mol. The molecule has 0 heterocycles. The van der Waals surface area contributed by atoms with E-state index in [0.29, 0.717) is 23.5 Å². The summed E-state index contributed by atoms with van der Waals surface area (Å²) in [5, 5.41) is 0. The van der Waals surface area contributed by atoms with Crippen LogP contribution in [0.4, 0.5) is 0 Å². The van der Waals surface area contributed by atoms with Crippen LogP contribution in [-0.4, -0.2) is 11.8 Å². The topological polar surface area (TPSA) is 43.1 Å². The third-order valence-corrected chi connectivity index (χ3v) is 5.07. The first-order valence-corrected chi connectivity index (χ1v) is 6.54. The molecule has 0 aliphatic heterocycles. The van der Waals surface area contributed by atoms with Crippen molar-refractivity contribution < 1.29 is 4.79 Å². The molecule has 2 bridgehead atoms. The molecule has 3 aliphatic carbocycles.